The molecule has 1 aromatic heterocycles. The second kappa shape index (κ2) is 10.0. The van der Waals surface area contributed by atoms with Gasteiger partial charge in [0.25, 0.3) is 5.91 Å². The van der Waals surface area contributed by atoms with Crippen molar-refractivity contribution in [1.29, 1.82) is 0 Å². The third kappa shape index (κ3) is 6.30. The van der Waals surface area contributed by atoms with Crippen molar-refractivity contribution in [3.63, 3.8) is 0 Å². The van der Waals surface area contributed by atoms with Gasteiger partial charge in [0.2, 0.25) is 0 Å². The van der Waals surface area contributed by atoms with Gasteiger partial charge in [-0.25, -0.2) is 0 Å². The third-order valence-corrected chi connectivity index (χ3v) is 4.47. The molecule has 1 aromatic carbocycles. The second-order valence-corrected chi connectivity index (χ2v) is 6.81. The number of hydrogen-bond acceptors (Lipinski definition) is 8. The van der Waals surface area contributed by atoms with Crippen molar-refractivity contribution in [2.24, 2.45) is 0 Å². The number of hydrogen-bond donors (Lipinski definition) is 1. The number of morpholine rings is 1. The van der Waals surface area contributed by atoms with Gasteiger partial charge in [0.1, 0.15) is 6.54 Å². The minimum absolute atomic E-state index is 0.0716. The normalized spacial score (nSPS) is 13.7. The summed E-state index contributed by atoms with van der Waals surface area (Å²) in [6, 6.07) is 10.7. The van der Waals surface area contributed by atoms with E-state index in [1.807, 2.05) is 24.3 Å². The number of anilines is 3. The maximum absolute atomic E-state index is 12.0. The molecule has 0 bridgehead atoms. The van der Waals surface area contributed by atoms with Crippen LogP contribution in [-0.4, -0.2) is 68.6 Å². The van der Waals surface area contributed by atoms with Crippen molar-refractivity contribution in [2.45, 2.75) is 0 Å². The minimum atomic E-state index is -0.554. The Bertz CT molecular complexity index is 825. The monoisotopic (exact) mass is 419 g/mol. The molecule has 2 heterocycles. The van der Waals surface area contributed by atoms with Crippen LogP contribution >= 0.6 is 11.6 Å². The molecule has 0 atom stereocenters. The van der Waals surface area contributed by atoms with Gasteiger partial charge in [-0.3, -0.25) is 9.59 Å². The highest BCUT2D eigenvalue weighted by Gasteiger charge is 2.14. The number of carbonyl (C=O) groups is 2. The Morgan fingerprint density at radius 1 is 1.17 bits per heavy atom. The lowest BCUT2D eigenvalue weighted by Crippen LogP contribution is -2.36. The van der Waals surface area contributed by atoms with Gasteiger partial charge in [-0.2, -0.15) is 0 Å². The molecule has 0 saturated carbocycles. The lowest BCUT2D eigenvalue weighted by molar-refractivity contribution is -0.145. The Labute approximate surface area is 173 Å². The number of halogens is 1. The van der Waals surface area contributed by atoms with Gasteiger partial charge < -0.3 is 24.6 Å². The fourth-order valence-electron chi connectivity index (χ4n) is 2.75. The largest absolute Gasteiger partial charge is 0.454 e. The highest BCUT2D eigenvalue weighted by atomic mass is 35.5. The predicted molar refractivity (Wildman–Crippen MR) is 109 cm³/mol. The summed E-state index contributed by atoms with van der Waals surface area (Å²) in [4.78, 5) is 27.7. The number of benzene rings is 1. The van der Waals surface area contributed by atoms with E-state index in [9.17, 15) is 9.59 Å². The average Bonchev–Trinajstić information content (AvgIpc) is 2.74. The number of carbonyl (C=O) groups excluding carboxylic acids is 2. The number of amides is 1. The molecule has 1 N–H and O–H groups in total. The van der Waals surface area contributed by atoms with Gasteiger partial charge >= 0.3 is 5.97 Å². The van der Waals surface area contributed by atoms with Crippen LogP contribution in [0.5, 0.6) is 0 Å². The van der Waals surface area contributed by atoms with Crippen LogP contribution in [0.4, 0.5) is 17.2 Å². The molecule has 1 amide bonds. The van der Waals surface area contributed by atoms with Crippen LogP contribution in [0.2, 0.25) is 5.15 Å². The summed E-state index contributed by atoms with van der Waals surface area (Å²) in [6.45, 7) is 2.67. The molecular formula is C19H22ClN5O4. The summed E-state index contributed by atoms with van der Waals surface area (Å²) >= 11 is 5.69. The zero-order valence-electron chi connectivity index (χ0n) is 16.0. The highest BCUT2D eigenvalue weighted by Crippen LogP contribution is 2.19. The Hall–Kier alpha value is -2.91. The number of aromatic nitrogens is 2. The van der Waals surface area contributed by atoms with Crippen LogP contribution in [0, 0.1) is 0 Å². The minimum Gasteiger partial charge on any atom is -0.454 e. The van der Waals surface area contributed by atoms with Gasteiger partial charge in [0.05, 0.1) is 13.2 Å². The number of likely N-dealkylation sites (N-methyl/N-ethyl adjacent to an activating group) is 1. The van der Waals surface area contributed by atoms with Crippen molar-refractivity contribution in [3.8, 4) is 0 Å². The van der Waals surface area contributed by atoms with E-state index in [1.165, 1.54) is 0 Å². The van der Waals surface area contributed by atoms with Crippen LogP contribution in [0.1, 0.15) is 0 Å². The quantitative estimate of drug-likeness (QED) is 0.676. The molecule has 0 aliphatic carbocycles. The van der Waals surface area contributed by atoms with Crippen LogP contribution in [0.3, 0.4) is 0 Å². The van der Waals surface area contributed by atoms with Crippen LogP contribution < -0.4 is 15.1 Å². The molecule has 3 rings (SSSR count). The Morgan fingerprint density at radius 2 is 1.90 bits per heavy atom. The first-order valence-electron chi connectivity index (χ1n) is 9.10. The first-order valence-corrected chi connectivity index (χ1v) is 9.47. The number of ether oxygens (including phenoxy) is 2. The summed E-state index contributed by atoms with van der Waals surface area (Å²) in [5.41, 5.74) is 1.71. The molecule has 1 fully saturated rings. The Morgan fingerprint density at radius 3 is 2.55 bits per heavy atom. The average molecular weight is 420 g/mol. The van der Waals surface area contributed by atoms with E-state index in [2.05, 4.69) is 20.4 Å². The van der Waals surface area contributed by atoms with Crippen molar-refractivity contribution in [1.82, 2.24) is 10.2 Å². The van der Waals surface area contributed by atoms with Crippen LogP contribution in [0.25, 0.3) is 0 Å². The molecule has 29 heavy (non-hydrogen) atoms. The zero-order chi connectivity index (χ0) is 20.6. The first kappa shape index (κ1) is 20.8. The van der Waals surface area contributed by atoms with Crippen LogP contribution in [-0.2, 0) is 19.1 Å². The lowest BCUT2D eigenvalue weighted by atomic mass is 10.2. The van der Waals surface area contributed by atoms with Gasteiger partial charge in [-0.1, -0.05) is 11.6 Å². The SMILES string of the molecule is CN(CC(=O)OCC(=O)Nc1ccc(N2CCOCC2)cc1)c1ccc(Cl)nn1. The summed E-state index contributed by atoms with van der Waals surface area (Å²) < 4.78 is 10.4. The van der Waals surface area contributed by atoms with Crippen molar-refractivity contribution < 1.29 is 19.1 Å². The highest BCUT2D eigenvalue weighted by molar-refractivity contribution is 6.29. The molecule has 0 spiro atoms. The maximum Gasteiger partial charge on any atom is 0.326 e. The van der Waals surface area contributed by atoms with Crippen molar-refractivity contribution >= 4 is 40.7 Å². The molecule has 0 unspecified atom stereocenters. The fraction of sp³-hybridized carbons (Fsp3) is 0.368. The first-order chi connectivity index (χ1) is 14.0. The zero-order valence-corrected chi connectivity index (χ0v) is 16.8. The molecule has 1 aliphatic heterocycles. The van der Waals surface area contributed by atoms with E-state index < -0.39 is 11.9 Å². The standard InChI is InChI=1S/C19H22ClN5O4/c1-24(17-7-6-16(20)22-23-17)12-19(27)29-13-18(26)21-14-2-4-15(5-3-14)25-8-10-28-11-9-25/h2-7H,8-13H2,1H3,(H,21,26). The number of nitrogens with zero attached hydrogens (tertiary/aromatic N) is 4. The molecule has 2 aromatic rings. The van der Waals surface area contributed by atoms with E-state index in [-0.39, 0.29) is 18.3 Å². The molecule has 154 valence electrons. The van der Waals surface area contributed by atoms with Gasteiger partial charge in [0, 0.05) is 31.5 Å². The molecule has 9 nitrogen and oxygen atoms in total. The number of esters is 1. The van der Waals surface area contributed by atoms with Crippen molar-refractivity contribution in [3.05, 3.63) is 41.6 Å². The van der Waals surface area contributed by atoms with Crippen LogP contribution in [0.15, 0.2) is 36.4 Å². The summed E-state index contributed by atoms with van der Waals surface area (Å²) in [5.74, 6) is -0.496. The number of rotatable bonds is 7. The third-order valence-electron chi connectivity index (χ3n) is 4.27. The van der Waals surface area contributed by atoms with Gasteiger partial charge in [-0.05, 0) is 36.4 Å². The lowest BCUT2D eigenvalue weighted by Gasteiger charge is -2.28. The summed E-state index contributed by atoms with van der Waals surface area (Å²) in [6.07, 6.45) is 0. The van der Waals surface area contributed by atoms with E-state index in [0.717, 1.165) is 18.8 Å². The Balaban J connectivity index is 1.42. The van der Waals surface area contributed by atoms with E-state index >= 15 is 0 Å². The molecule has 1 saturated heterocycles. The molecular weight excluding hydrogens is 398 g/mol. The molecule has 1 aliphatic rings. The summed E-state index contributed by atoms with van der Waals surface area (Å²) in [7, 11) is 1.66. The van der Waals surface area contributed by atoms with E-state index in [4.69, 9.17) is 21.1 Å². The maximum atomic E-state index is 12.0. The smallest absolute Gasteiger partial charge is 0.326 e. The van der Waals surface area contributed by atoms with E-state index in [0.29, 0.717) is 24.7 Å². The molecule has 0 radical (unpaired) electrons. The molecule has 10 heteroatoms. The predicted octanol–water partition coefficient (Wildman–Crippen LogP) is 1.58. The van der Waals surface area contributed by atoms with E-state index in [1.54, 1.807) is 24.1 Å². The van der Waals surface area contributed by atoms with Gasteiger partial charge in [0.15, 0.2) is 17.6 Å². The summed E-state index contributed by atoms with van der Waals surface area (Å²) in [5, 5.41) is 10.6. The van der Waals surface area contributed by atoms with Crippen molar-refractivity contribution in [2.75, 3.05) is 61.6 Å². The topological polar surface area (TPSA) is 96.9 Å². The Kier molecular flexibility index (Phi) is 7.20. The van der Waals surface area contributed by atoms with Gasteiger partial charge in [-0.15, -0.1) is 10.2 Å². The number of nitrogens with one attached hydrogen (secondary N) is 1. The fourth-order valence-corrected chi connectivity index (χ4v) is 2.85. The second-order valence-electron chi connectivity index (χ2n) is 6.43.